The van der Waals surface area contributed by atoms with Crippen molar-refractivity contribution in [3.63, 3.8) is 0 Å². The summed E-state index contributed by atoms with van der Waals surface area (Å²) in [6, 6.07) is 54.5. The van der Waals surface area contributed by atoms with Crippen LogP contribution in [0.15, 0.2) is 167 Å². The van der Waals surface area contributed by atoms with Crippen LogP contribution in [0.4, 0.5) is 17.1 Å². The summed E-state index contributed by atoms with van der Waals surface area (Å²) >= 11 is 0. The van der Waals surface area contributed by atoms with Crippen molar-refractivity contribution < 1.29 is 8.83 Å². The maximum absolute atomic E-state index is 6.33. The summed E-state index contributed by atoms with van der Waals surface area (Å²) in [4.78, 5) is 7.08. The maximum atomic E-state index is 6.33. The number of benzene rings is 7. The zero-order valence-corrected chi connectivity index (χ0v) is 24.2. The first-order chi connectivity index (χ1) is 22.3. The standard InChI is InChI=1S/C41H26N2O2/c1-2-8-27(9-3-1)28-14-19-31(20-15-28)43(33-23-24-36-35-12-6-7-13-38(35)44-39(36)26-33)32-21-16-30(17-22-32)41-42-37-25-18-29-10-4-5-11-34(29)40(37)45-41/h1-26H. The molecule has 0 aliphatic rings. The van der Waals surface area contributed by atoms with Gasteiger partial charge in [0.2, 0.25) is 5.89 Å². The van der Waals surface area contributed by atoms with Crippen molar-refractivity contribution in [3.05, 3.63) is 158 Å². The van der Waals surface area contributed by atoms with E-state index in [1.54, 1.807) is 0 Å². The molecule has 9 aromatic rings. The summed E-state index contributed by atoms with van der Waals surface area (Å²) < 4.78 is 12.6. The molecule has 7 aromatic carbocycles. The summed E-state index contributed by atoms with van der Waals surface area (Å²) in [5.41, 5.74) is 9.77. The number of nitrogens with zero attached hydrogens (tertiary/aromatic N) is 2. The summed E-state index contributed by atoms with van der Waals surface area (Å²) in [5.74, 6) is 0.607. The summed E-state index contributed by atoms with van der Waals surface area (Å²) in [7, 11) is 0. The lowest BCUT2D eigenvalue weighted by Gasteiger charge is -2.25. The lowest BCUT2D eigenvalue weighted by molar-refractivity contribution is 0.623. The number of hydrogen-bond donors (Lipinski definition) is 0. The summed E-state index contributed by atoms with van der Waals surface area (Å²) in [6.07, 6.45) is 0. The Labute approximate surface area is 259 Å². The molecule has 0 unspecified atom stereocenters. The molecule has 0 saturated carbocycles. The molecule has 0 bridgehead atoms. The number of oxazole rings is 1. The molecule has 0 N–H and O–H groups in total. The second kappa shape index (κ2) is 10.2. The van der Waals surface area contributed by atoms with Crippen molar-refractivity contribution in [2.45, 2.75) is 0 Å². The molecule has 0 atom stereocenters. The van der Waals surface area contributed by atoms with E-state index in [0.717, 1.165) is 66.4 Å². The third-order valence-electron chi connectivity index (χ3n) is 8.51. The first-order valence-corrected chi connectivity index (χ1v) is 15.0. The van der Waals surface area contributed by atoms with E-state index >= 15 is 0 Å². The van der Waals surface area contributed by atoms with Gasteiger partial charge in [0.05, 0.1) is 0 Å². The lowest BCUT2D eigenvalue weighted by Crippen LogP contribution is -2.09. The molecular weight excluding hydrogens is 552 g/mol. The van der Waals surface area contributed by atoms with Crippen LogP contribution in [0, 0.1) is 0 Å². The number of rotatable bonds is 5. The van der Waals surface area contributed by atoms with Gasteiger partial charge < -0.3 is 13.7 Å². The smallest absolute Gasteiger partial charge is 0.227 e. The Bertz CT molecular complexity index is 2470. The number of para-hydroxylation sites is 1. The molecule has 4 heteroatoms. The van der Waals surface area contributed by atoms with Gasteiger partial charge >= 0.3 is 0 Å². The molecule has 0 spiro atoms. The Hall–Kier alpha value is -6.13. The minimum Gasteiger partial charge on any atom is -0.456 e. The van der Waals surface area contributed by atoms with Gasteiger partial charge in [-0.15, -0.1) is 0 Å². The van der Waals surface area contributed by atoms with E-state index in [9.17, 15) is 0 Å². The minimum atomic E-state index is 0.607. The predicted molar refractivity (Wildman–Crippen MR) is 184 cm³/mol. The molecule has 2 aromatic heterocycles. The van der Waals surface area contributed by atoms with E-state index < -0.39 is 0 Å². The molecule has 0 aliphatic heterocycles. The van der Waals surface area contributed by atoms with Crippen LogP contribution < -0.4 is 4.90 Å². The molecule has 0 amide bonds. The van der Waals surface area contributed by atoms with E-state index in [1.165, 1.54) is 11.1 Å². The highest BCUT2D eigenvalue weighted by Crippen LogP contribution is 2.40. The number of aromatic nitrogens is 1. The molecule has 0 fully saturated rings. The number of hydrogen-bond acceptors (Lipinski definition) is 4. The van der Waals surface area contributed by atoms with Gasteiger partial charge in [0, 0.05) is 44.9 Å². The predicted octanol–water partition coefficient (Wildman–Crippen LogP) is 11.7. The van der Waals surface area contributed by atoms with Crippen LogP contribution in [0.3, 0.4) is 0 Å². The Kier molecular flexibility index (Phi) is 5.78. The summed E-state index contributed by atoms with van der Waals surface area (Å²) in [6.45, 7) is 0. The second-order valence-corrected chi connectivity index (χ2v) is 11.2. The first-order valence-electron chi connectivity index (χ1n) is 15.0. The molecule has 0 saturated heterocycles. The SMILES string of the molecule is c1ccc(-c2ccc(N(c3ccc(-c4nc5ccc6ccccc6c5o4)cc3)c3ccc4c(c3)oc3ccccc34)cc2)cc1. The van der Waals surface area contributed by atoms with Crippen LogP contribution in [0.1, 0.15) is 0 Å². The highest BCUT2D eigenvalue weighted by molar-refractivity contribution is 6.06. The average molecular weight is 579 g/mol. The second-order valence-electron chi connectivity index (χ2n) is 11.2. The molecule has 0 aliphatic carbocycles. The Balaban J connectivity index is 1.14. The van der Waals surface area contributed by atoms with Gasteiger partial charge in [-0.05, 0) is 77.2 Å². The Morgan fingerprint density at radius 1 is 0.422 bits per heavy atom. The lowest BCUT2D eigenvalue weighted by atomic mass is 10.0. The van der Waals surface area contributed by atoms with Crippen LogP contribution in [0.2, 0.25) is 0 Å². The van der Waals surface area contributed by atoms with Crippen LogP contribution in [-0.4, -0.2) is 4.98 Å². The fraction of sp³-hybridized carbons (Fsp3) is 0. The minimum absolute atomic E-state index is 0.607. The Morgan fingerprint density at radius 3 is 1.84 bits per heavy atom. The van der Waals surface area contributed by atoms with Crippen molar-refractivity contribution in [2.24, 2.45) is 0 Å². The fourth-order valence-corrected chi connectivity index (χ4v) is 6.27. The van der Waals surface area contributed by atoms with E-state index in [4.69, 9.17) is 13.8 Å². The van der Waals surface area contributed by atoms with Crippen molar-refractivity contribution in [3.8, 4) is 22.6 Å². The third kappa shape index (κ3) is 4.35. The van der Waals surface area contributed by atoms with Gasteiger partial charge in [-0.25, -0.2) is 4.98 Å². The van der Waals surface area contributed by atoms with Gasteiger partial charge in [0.15, 0.2) is 5.58 Å². The third-order valence-corrected chi connectivity index (χ3v) is 8.51. The highest BCUT2D eigenvalue weighted by Gasteiger charge is 2.17. The zero-order valence-electron chi connectivity index (χ0n) is 24.2. The number of fused-ring (bicyclic) bond motifs is 6. The molecule has 0 radical (unpaired) electrons. The molecule has 2 heterocycles. The zero-order chi connectivity index (χ0) is 29.7. The average Bonchev–Trinajstić information content (AvgIpc) is 3.71. The number of furan rings is 1. The molecule has 4 nitrogen and oxygen atoms in total. The van der Waals surface area contributed by atoms with Crippen LogP contribution in [0.25, 0.3) is 66.4 Å². The van der Waals surface area contributed by atoms with Gasteiger partial charge in [-0.2, -0.15) is 0 Å². The largest absolute Gasteiger partial charge is 0.456 e. The van der Waals surface area contributed by atoms with Crippen molar-refractivity contribution in [1.82, 2.24) is 4.98 Å². The van der Waals surface area contributed by atoms with Crippen molar-refractivity contribution >= 4 is 60.9 Å². The monoisotopic (exact) mass is 578 g/mol. The van der Waals surface area contributed by atoms with Crippen molar-refractivity contribution in [1.29, 1.82) is 0 Å². The normalized spacial score (nSPS) is 11.6. The van der Waals surface area contributed by atoms with E-state index in [-0.39, 0.29) is 0 Å². The first kappa shape index (κ1) is 25.4. The maximum Gasteiger partial charge on any atom is 0.227 e. The van der Waals surface area contributed by atoms with Crippen LogP contribution >= 0.6 is 0 Å². The molecule has 212 valence electrons. The van der Waals surface area contributed by atoms with E-state index in [1.807, 2.05) is 42.5 Å². The van der Waals surface area contributed by atoms with Gasteiger partial charge in [0.25, 0.3) is 0 Å². The summed E-state index contributed by atoms with van der Waals surface area (Å²) in [5, 5.41) is 4.43. The molecular formula is C41H26N2O2. The van der Waals surface area contributed by atoms with Gasteiger partial charge in [0.1, 0.15) is 16.7 Å². The number of anilines is 3. The van der Waals surface area contributed by atoms with Gasteiger partial charge in [-0.3, -0.25) is 0 Å². The molecule has 9 rings (SSSR count). The van der Waals surface area contributed by atoms with E-state index in [2.05, 4.69) is 120 Å². The van der Waals surface area contributed by atoms with Crippen molar-refractivity contribution in [2.75, 3.05) is 4.90 Å². The Morgan fingerprint density at radius 2 is 1.04 bits per heavy atom. The quantitative estimate of drug-likeness (QED) is 0.204. The van der Waals surface area contributed by atoms with Gasteiger partial charge in [-0.1, -0.05) is 91.0 Å². The van der Waals surface area contributed by atoms with Crippen LogP contribution in [-0.2, 0) is 0 Å². The molecule has 45 heavy (non-hydrogen) atoms. The fourth-order valence-electron chi connectivity index (χ4n) is 6.27. The van der Waals surface area contributed by atoms with E-state index in [0.29, 0.717) is 5.89 Å². The highest BCUT2D eigenvalue weighted by atomic mass is 16.3. The van der Waals surface area contributed by atoms with Crippen LogP contribution in [0.5, 0.6) is 0 Å². The topological polar surface area (TPSA) is 42.4 Å².